The molecule has 1 aliphatic heterocycles. The summed E-state index contributed by atoms with van der Waals surface area (Å²) in [6, 6.07) is 0. The molecule has 1 unspecified atom stereocenters. The Kier molecular flexibility index (Phi) is 4.54. The van der Waals surface area contributed by atoms with E-state index in [2.05, 4.69) is 0 Å². The second kappa shape index (κ2) is 5.20. The molecule has 3 atom stereocenters. The van der Waals surface area contributed by atoms with Crippen molar-refractivity contribution in [3.8, 4) is 0 Å². The Hall–Kier alpha value is -0.200. The average Bonchev–Trinajstić information content (AvgIpc) is 2.39. The summed E-state index contributed by atoms with van der Waals surface area (Å²) in [5.74, 6) is -1.84. The van der Waals surface area contributed by atoms with Gasteiger partial charge in [0.05, 0.1) is 12.7 Å². The fourth-order valence-electron chi connectivity index (χ4n) is 2.08. The Morgan fingerprint density at radius 2 is 1.94 bits per heavy atom. The van der Waals surface area contributed by atoms with Gasteiger partial charge in [-0.05, 0) is 34.6 Å². The van der Waals surface area contributed by atoms with Crippen LogP contribution in [0, 0.1) is 0 Å². The Morgan fingerprint density at radius 3 is 2.41 bits per heavy atom. The van der Waals surface area contributed by atoms with Crippen LogP contribution >= 0.6 is 0 Å². The van der Waals surface area contributed by atoms with Crippen molar-refractivity contribution < 1.29 is 24.1 Å². The van der Waals surface area contributed by atoms with E-state index >= 15 is 0 Å². The first-order valence-electron chi connectivity index (χ1n) is 5.89. The quantitative estimate of drug-likeness (QED) is 0.743. The molecule has 5 nitrogen and oxygen atoms in total. The predicted molar refractivity (Wildman–Crippen MR) is 62.5 cm³/mol. The number of ether oxygens (including phenoxy) is 4. The van der Waals surface area contributed by atoms with E-state index in [0.29, 0.717) is 6.61 Å². The van der Waals surface area contributed by atoms with Crippen LogP contribution in [0.4, 0.5) is 0 Å². The van der Waals surface area contributed by atoms with Crippen LogP contribution in [-0.4, -0.2) is 48.7 Å². The molecule has 17 heavy (non-hydrogen) atoms. The van der Waals surface area contributed by atoms with Crippen molar-refractivity contribution in [2.75, 3.05) is 13.7 Å². The molecule has 102 valence electrons. The van der Waals surface area contributed by atoms with Gasteiger partial charge in [0.15, 0.2) is 11.6 Å². The summed E-state index contributed by atoms with van der Waals surface area (Å²) >= 11 is 0. The molecule has 5 heteroatoms. The molecule has 1 saturated heterocycles. The molecule has 0 bridgehead atoms. The Bertz CT molecular complexity index is 246. The van der Waals surface area contributed by atoms with E-state index in [1.807, 2.05) is 20.8 Å². The molecule has 0 radical (unpaired) electrons. The maximum Gasteiger partial charge on any atom is 0.164 e. The first-order valence-corrected chi connectivity index (χ1v) is 5.89. The number of hydrogen-bond acceptors (Lipinski definition) is 5. The summed E-state index contributed by atoms with van der Waals surface area (Å²) in [7, 11) is 1.62. The fourth-order valence-corrected chi connectivity index (χ4v) is 2.08. The van der Waals surface area contributed by atoms with Crippen LogP contribution < -0.4 is 0 Å². The van der Waals surface area contributed by atoms with Gasteiger partial charge in [-0.15, -0.1) is 0 Å². The first kappa shape index (κ1) is 14.9. The third-order valence-corrected chi connectivity index (χ3v) is 2.49. The van der Waals surface area contributed by atoms with E-state index in [1.54, 1.807) is 21.0 Å². The Morgan fingerprint density at radius 1 is 1.35 bits per heavy atom. The zero-order valence-corrected chi connectivity index (χ0v) is 11.5. The van der Waals surface area contributed by atoms with Crippen molar-refractivity contribution in [2.24, 2.45) is 0 Å². The lowest BCUT2D eigenvalue weighted by molar-refractivity contribution is -0.231. The minimum atomic E-state index is -1.19. The number of methoxy groups -OCH3 is 1. The van der Waals surface area contributed by atoms with Crippen LogP contribution in [0.15, 0.2) is 0 Å². The van der Waals surface area contributed by atoms with Crippen molar-refractivity contribution in [3.63, 3.8) is 0 Å². The molecular weight excluding hydrogens is 224 g/mol. The molecule has 1 N–H and O–H groups in total. The van der Waals surface area contributed by atoms with Crippen LogP contribution in [0.2, 0.25) is 0 Å². The lowest BCUT2D eigenvalue weighted by Gasteiger charge is -2.29. The molecule has 0 spiro atoms. The monoisotopic (exact) mass is 248 g/mol. The third kappa shape index (κ3) is 4.52. The highest BCUT2D eigenvalue weighted by Crippen LogP contribution is 2.31. The first-order chi connectivity index (χ1) is 7.64. The van der Waals surface area contributed by atoms with Crippen LogP contribution in [0.25, 0.3) is 0 Å². The van der Waals surface area contributed by atoms with Crippen LogP contribution in [0.3, 0.4) is 0 Å². The lowest BCUT2D eigenvalue weighted by atomic mass is 10.1. The van der Waals surface area contributed by atoms with Crippen LogP contribution in [0.5, 0.6) is 0 Å². The zero-order valence-electron chi connectivity index (χ0n) is 11.5. The van der Waals surface area contributed by atoms with Crippen molar-refractivity contribution in [2.45, 2.75) is 64.5 Å². The number of aliphatic hydroxyl groups is 1. The standard InChI is InChI=1S/C12H24O5/c1-8(15-11(2,3)13)10-9(7-14-6)16-12(4,5)17-10/h8-10,13H,7H2,1-6H3/t8-,9-,10?/m1/s1. The van der Waals surface area contributed by atoms with E-state index in [1.165, 1.54) is 0 Å². The van der Waals surface area contributed by atoms with Gasteiger partial charge in [-0.3, -0.25) is 0 Å². The lowest BCUT2D eigenvalue weighted by Crippen LogP contribution is -2.42. The number of hydrogen-bond donors (Lipinski definition) is 1. The zero-order chi connectivity index (χ0) is 13.3. The summed E-state index contributed by atoms with van der Waals surface area (Å²) < 4.78 is 22.1. The maximum atomic E-state index is 9.64. The van der Waals surface area contributed by atoms with E-state index in [0.717, 1.165) is 0 Å². The molecular formula is C12H24O5. The largest absolute Gasteiger partial charge is 0.382 e. The Balaban J connectivity index is 2.66. The van der Waals surface area contributed by atoms with Gasteiger partial charge in [-0.25, -0.2) is 0 Å². The van der Waals surface area contributed by atoms with Crippen LogP contribution in [-0.2, 0) is 18.9 Å². The molecule has 1 fully saturated rings. The summed E-state index contributed by atoms with van der Waals surface area (Å²) in [6.07, 6.45) is -0.722. The third-order valence-electron chi connectivity index (χ3n) is 2.49. The highest BCUT2D eigenvalue weighted by molar-refractivity contribution is 4.86. The molecule has 1 rings (SSSR count). The summed E-state index contributed by atoms with van der Waals surface area (Å²) in [4.78, 5) is 0. The van der Waals surface area contributed by atoms with E-state index in [9.17, 15) is 5.11 Å². The van der Waals surface area contributed by atoms with Gasteiger partial charge in [0.2, 0.25) is 0 Å². The summed E-state index contributed by atoms with van der Waals surface area (Å²) in [6.45, 7) is 9.19. The SMILES string of the molecule is COC[C@H]1OC(C)(C)OC1[C@@H](C)OC(C)(C)O. The molecule has 0 aromatic heterocycles. The molecule has 1 aliphatic rings. The van der Waals surface area contributed by atoms with Gasteiger partial charge < -0.3 is 24.1 Å². The minimum Gasteiger partial charge on any atom is -0.382 e. The van der Waals surface area contributed by atoms with Crippen LogP contribution in [0.1, 0.15) is 34.6 Å². The van der Waals surface area contributed by atoms with E-state index in [-0.39, 0.29) is 18.3 Å². The van der Waals surface area contributed by atoms with Gasteiger partial charge in [0.1, 0.15) is 12.2 Å². The van der Waals surface area contributed by atoms with E-state index < -0.39 is 11.6 Å². The maximum absolute atomic E-state index is 9.64. The molecule has 0 aromatic carbocycles. The minimum absolute atomic E-state index is 0.188. The van der Waals surface area contributed by atoms with Gasteiger partial charge in [-0.2, -0.15) is 0 Å². The van der Waals surface area contributed by atoms with Gasteiger partial charge in [-0.1, -0.05) is 0 Å². The fraction of sp³-hybridized carbons (Fsp3) is 1.00. The molecule has 0 saturated carbocycles. The van der Waals surface area contributed by atoms with Crippen molar-refractivity contribution in [3.05, 3.63) is 0 Å². The van der Waals surface area contributed by atoms with E-state index in [4.69, 9.17) is 18.9 Å². The molecule has 0 aromatic rings. The van der Waals surface area contributed by atoms with Gasteiger partial charge in [0, 0.05) is 7.11 Å². The average molecular weight is 248 g/mol. The normalized spacial score (nSPS) is 30.5. The van der Waals surface area contributed by atoms with Gasteiger partial charge in [0.25, 0.3) is 0 Å². The highest BCUT2D eigenvalue weighted by atomic mass is 16.8. The smallest absolute Gasteiger partial charge is 0.164 e. The molecule has 0 amide bonds. The predicted octanol–water partition coefficient (Wildman–Crippen LogP) is 1.29. The molecule has 0 aliphatic carbocycles. The second-order valence-corrected chi connectivity index (χ2v) is 5.36. The number of rotatable bonds is 5. The molecule has 1 heterocycles. The second-order valence-electron chi connectivity index (χ2n) is 5.36. The van der Waals surface area contributed by atoms with Crippen molar-refractivity contribution >= 4 is 0 Å². The highest BCUT2D eigenvalue weighted by Gasteiger charge is 2.45. The summed E-state index contributed by atoms with van der Waals surface area (Å²) in [5.41, 5.74) is 0. The van der Waals surface area contributed by atoms with Crippen molar-refractivity contribution in [1.82, 2.24) is 0 Å². The summed E-state index contributed by atoms with van der Waals surface area (Å²) in [5, 5.41) is 9.64. The Labute approximate surface area is 103 Å². The topological polar surface area (TPSA) is 57.2 Å². The van der Waals surface area contributed by atoms with Gasteiger partial charge >= 0.3 is 0 Å². The van der Waals surface area contributed by atoms with Crippen molar-refractivity contribution in [1.29, 1.82) is 0 Å².